The highest BCUT2D eigenvalue weighted by molar-refractivity contribution is 5.94. The number of hydrogen-bond acceptors (Lipinski definition) is 3. The molecule has 1 aromatic carbocycles. The Labute approximate surface area is 156 Å². The van der Waals surface area contributed by atoms with Gasteiger partial charge in [0.25, 0.3) is 5.91 Å². The van der Waals surface area contributed by atoms with E-state index in [4.69, 9.17) is 0 Å². The maximum absolute atomic E-state index is 12.6. The first-order valence-electron chi connectivity index (χ1n) is 9.98. The largest absolute Gasteiger partial charge is 0.355 e. The van der Waals surface area contributed by atoms with Crippen molar-refractivity contribution in [2.24, 2.45) is 11.8 Å². The molecule has 3 rings (SSSR count). The molecule has 1 N–H and O–H groups in total. The number of nitrogens with zero attached hydrogens (tertiary/aromatic N) is 2. The molecule has 5 nitrogen and oxygen atoms in total. The predicted molar refractivity (Wildman–Crippen MR) is 103 cm³/mol. The molecule has 2 aliphatic rings. The van der Waals surface area contributed by atoms with Crippen LogP contribution >= 0.6 is 0 Å². The Balaban J connectivity index is 1.45. The van der Waals surface area contributed by atoms with Crippen LogP contribution in [0, 0.1) is 11.8 Å². The van der Waals surface area contributed by atoms with Crippen LogP contribution in [0.2, 0.25) is 0 Å². The molecule has 0 aromatic heterocycles. The predicted octanol–water partition coefficient (Wildman–Crippen LogP) is 2.39. The van der Waals surface area contributed by atoms with Gasteiger partial charge in [-0.3, -0.25) is 9.59 Å². The van der Waals surface area contributed by atoms with Crippen LogP contribution in [0.15, 0.2) is 30.3 Å². The minimum atomic E-state index is -0.0864. The Bertz CT molecular complexity index is 605. The average molecular weight is 357 g/mol. The van der Waals surface area contributed by atoms with E-state index in [0.29, 0.717) is 18.7 Å². The van der Waals surface area contributed by atoms with Gasteiger partial charge in [0.05, 0.1) is 5.92 Å². The summed E-state index contributed by atoms with van der Waals surface area (Å²) in [5.74, 6) is 0.804. The van der Waals surface area contributed by atoms with Gasteiger partial charge in [-0.25, -0.2) is 0 Å². The number of carbonyl (C=O) groups is 2. The molecule has 26 heavy (non-hydrogen) atoms. The lowest BCUT2D eigenvalue weighted by atomic mass is 9.96. The molecule has 2 aliphatic heterocycles. The molecule has 2 heterocycles. The zero-order chi connectivity index (χ0) is 18.4. The highest BCUT2D eigenvalue weighted by Gasteiger charge is 2.28. The molecule has 2 amide bonds. The highest BCUT2D eigenvalue weighted by atomic mass is 16.2. The smallest absolute Gasteiger partial charge is 0.253 e. The molecule has 2 atom stereocenters. The summed E-state index contributed by atoms with van der Waals surface area (Å²) in [4.78, 5) is 29.4. The minimum absolute atomic E-state index is 0.0328. The van der Waals surface area contributed by atoms with Gasteiger partial charge in [0, 0.05) is 38.3 Å². The second kappa shape index (κ2) is 9.17. The first-order chi connectivity index (χ1) is 12.6. The first kappa shape index (κ1) is 18.9. The van der Waals surface area contributed by atoms with Crippen LogP contribution in [0.3, 0.4) is 0 Å². The van der Waals surface area contributed by atoms with E-state index in [1.165, 1.54) is 12.8 Å². The Morgan fingerprint density at radius 2 is 1.85 bits per heavy atom. The summed E-state index contributed by atoms with van der Waals surface area (Å²) < 4.78 is 0. The van der Waals surface area contributed by atoms with E-state index in [9.17, 15) is 9.59 Å². The summed E-state index contributed by atoms with van der Waals surface area (Å²) >= 11 is 0. The zero-order valence-electron chi connectivity index (χ0n) is 15.8. The molecule has 0 spiro atoms. The summed E-state index contributed by atoms with van der Waals surface area (Å²) in [6.07, 6.45) is 4.33. The molecule has 2 saturated heterocycles. The topological polar surface area (TPSA) is 52.7 Å². The van der Waals surface area contributed by atoms with Crippen LogP contribution in [0.25, 0.3) is 0 Å². The molecule has 2 unspecified atom stereocenters. The van der Waals surface area contributed by atoms with E-state index in [-0.39, 0.29) is 17.7 Å². The summed E-state index contributed by atoms with van der Waals surface area (Å²) in [5.41, 5.74) is 0.702. The minimum Gasteiger partial charge on any atom is -0.355 e. The third kappa shape index (κ3) is 5.07. The van der Waals surface area contributed by atoms with Crippen molar-refractivity contribution in [1.29, 1.82) is 0 Å². The molecule has 0 radical (unpaired) electrons. The molecule has 0 saturated carbocycles. The number of benzene rings is 1. The fourth-order valence-corrected chi connectivity index (χ4v) is 4.11. The maximum Gasteiger partial charge on any atom is 0.253 e. The number of nitrogens with one attached hydrogen (secondary N) is 1. The van der Waals surface area contributed by atoms with Crippen LogP contribution < -0.4 is 5.32 Å². The van der Waals surface area contributed by atoms with Crippen LogP contribution in [0.5, 0.6) is 0 Å². The SMILES string of the molecule is CC1CCCN(CCNC(=O)C2CCCN(C(=O)c3ccccc3)C2)C1. The van der Waals surface area contributed by atoms with Gasteiger partial charge < -0.3 is 15.1 Å². The second-order valence-corrected chi connectivity index (χ2v) is 7.80. The van der Waals surface area contributed by atoms with Gasteiger partial charge in [0.15, 0.2) is 0 Å². The van der Waals surface area contributed by atoms with E-state index in [0.717, 1.165) is 44.9 Å². The van der Waals surface area contributed by atoms with Crippen molar-refractivity contribution in [2.45, 2.75) is 32.6 Å². The lowest BCUT2D eigenvalue weighted by molar-refractivity contribution is -0.126. The van der Waals surface area contributed by atoms with Gasteiger partial charge >= 0.3 is 0 Å². The van der Waals surface area contributed by atoms with Crippen molar-refractivity contribution in [3.8, 4) is 0 Å². The van der Waals surface area contributed by atoms with Crippen LogP contribution in [-0.4, -0.2) is 60.9 Å². The molecule has 142 valence electrons. The highest BCUT2D eigenvalue weighted by Crippen LogP contribution is 2.19. The average Bonchev–Trinajstić information content (AvgIpc) is 2.68. The molecule has 0 aliphatic carbocycles. The fourth-order valence-electron chi connectivity index (χ4n) is 4.11. The molecule has 1 aromatic rings. The van der Waals surface area contributed by atoms with Gasteiger partial charge in [0.1, 0.15) is 0 Å². The summed E-state index contributed by atoms with van der Waals surface area (Å²) in [7, 11) is 0. The lowest BCUT2D eigenvalue weighted by Crippen LogP contribution is -2.47. The standard InChI is InChI=1S/C21H31N3O2/c1-17-7-5-12-23(15-17)14-11-22-20(25)19-10-6-13-24(16-19)21(26)18-8-3-2-4-9-18/h2-4,8-9,17,19H,5-7,10-16H2,1H3,(H,22,25). The number of amides is 2. The van der Waals surface area contributed by atoms with Crippen molar-refractivity contribution in [3.05, 3.63) is 35.9 Å². The quantitative estimate of drug-likeness (QED) is 0.880. The van der Waals surface area contributed by atoms with Crippen LogP contribution in [-0.2, 0) is 4.79 Å². The monoisotopic (exact) mass is 357 g/mol. The van der Waals surface area contributed by atoms with Crippen LogP contribution in [0.1, 0.15) is 43.0 Å². The third-order valence-electron chi connectivity index (χ3n) is 5.57. The number of likely N-dealkylation sites (tertiary alicyclic amines) is 2. The fraction of sp³-hybridized carbons (Fsp3) is 0.619. The molecular formula is C21H31N3O2. The molecular weight excluding hydrogens is 326 g/mol. The number of carbonyl (C=O) groups excluding carboxylic acids is 2. The normalized spacial score (nSPS) is 24.3. The number of hydrogen-bond donors (Lipinski definition) is 1. The van der Waals surface area contributed by atoms with Gasteiger partial charge in [0.2, 0.25) is 5.91 Å². The second-order valence-electron chi connectivity index (χ2n) is 7.80. The van der Waals surface area contributed by atoms with Gasteiger partial charge in [-0.1, -0.05) is 25.1 Å². The maximum atomic E-state index is 12.6. The number of rotatable bonds is 5. The third-order valence-corrected chi connectivity index (χ3v) is 5.57. The van der Waals surface area contributed by atoms with E-state index in [2.05, 4.69) is 17.1 Å². The number of piperidine rings is 2. The summed E-state index contributed by atoms with van der Waals surface area (Å²) in [6, 6.07) is 9.34. The van der Waals surface area contributed by atoms with Crippen molar-refractivity contribution in [2.75, 3.05) is 39.3 Å². The Morgan fingerprint density at radius 3 is 2.62 bits per heavy atom. The Hall–Kier alpha value is -1.88. The molecule has 0 bridgehead atoms. The Kier molecular flexibility index (Phi) is 6.67. The lowest BCUT2D eigenvalue weighted by Gasteiger charge is -2.33. The van der Waals surface area contributed by atoms with E-state index in [1.54, 1.807) is 0 Å². The van der Waals surface area contributed by atoms with Gasteiger partial charge in [-0.05, 0) is 50.3 Å². The summed E-state index contributed by atoms with van der Waals surface area (Å²) in [5, 5.41) is 3.10. The molecule has 2 fully saturated rings. The van der Waals surface area contributed by atoms with E-state index >= 15 is 0 Å². The van der Waals surface area contributed by atoms with Gasteiger partial charge in [-0.2, -0.15) is 0 Å². The van der Waals surface area contributed by atoms with E-state index < -0.39 is 0 Å². The van der Waals surface area contributed by atoms with Gasteiger partial charge in [-0.15, -0.1) is 0 Å². The van der Waals surface area contributed by atoms with Crippen molar-refractivity contribution >= 4 is 11.8 Å². The zero-order valence-corrected chi connectivity index (χ0v) is 15.8. The van der Waals surface area contributed by atoms with Crippen molar-refractivity contribution in [3.63, 3.8) is 0 Å². The Morgan fingerprint density at radius 1 is 1.08 bits per heavy atom. The first-order valence-corrected chi connectivity index (χ1v) is 9.98. The van der Waals surface area contributed by atoms with E-state index in [1.807, 2.05) is 35.2 Å². The summed E-state index contributed by atoms with van der Waals surface area (Å²) in [6.45, 7) is 7.47. The van der Waals surface area contributed by atoms with Crippen molar-refractivity contribution in [1.82, 2.24) is 15.1 Å². The van der Waals surface area contributed by atoms with Crippen LogP contribution in [0.4, 0.5) is 0 Å². The molecule has 5 heteroatoms. The van der Waals surface area contributed by atoms with Crippen molar-refractivity contribution < 1.29 is 9.59 Å².